The van der Waals surface area contributed by atoms with Gasteiger partial charge in [-0.25, -0.2) is 18.7 Å². The van der Waals surface area contributed by atoms with Crippen LogP contribution < -0.4 is 0 Å². The molecule has 0 amide bonds. The Morgan fingerprint density at radius 3 is 2.04 bits per heavy atom. The Kier molecular flexibility index (Phi) is 4.40. The lowest BCUT2D eigenvalue weighted by Gasteiger charge is -2.16. The summed E-state index contributed by atoms with van der Waals surface area (Å²) < 4.78 is 27.4. The van der Waals surface area contributed by atoms with Crippen LogP contribution in [-0.2, 0) is 6.42 Å². The zero-order chi connectivity index (χ0) is 19.0. The molecule has 2 nitrogen and oxygen atoms in total. The number of para-hydroxylation sites is 2. The molecular weight excluding hydrogens is 342 g/mol. The van der Waals surface area contributed by atoms with Gasteiger partial charge in [-0.05, 0) is 73.0 Å². The number of hydrogen-bond acceptors (Lipinski definition) is 2. The second kappa shape index (κ2) is 6.88. The molecule has 1 heterocycles. The second-order valence-corrected chi connectivity index (χ2v) is 6.53. The minimum Gasteiger partial charge on any atom is -0.244 e. The zero-order valence-electron chi connectivity index (χ0n) is 15.1. The van der Waals surface area contributed by atoms with Crippen LogP contribution in [0.15, 0.2) is 60.7 Å². The van der Waals surface area contributed by atoms with E-state index in [2.05, 4.69) is 0 Å². The Morgan fingerprint density at radius 1 is 0.778 bits per heavy atom. The van der Waals surface area contributed by atoms with Crippen LogP contribution in [0.1, 0.15) is 18.1 Å². The van der Waals surface area contributed by atoms with Crippen molar-refractivity contribution in [3.8, 4) is 22.5 Å². The van der Waals surface area contributed by atoms with E-state index >= 15 is 0 Å². The lowest BCUT2D eigenvalue weighted by Crippen LogP contribution is -2.01. The third-order valence-corrected chi connectivity index (χ3v) is 4.69. The summed E-state index contributed by atoms with van der Waals surface area (Å²) in [5, 5.41) is 0. The van der Waals surface area contributed by atoms with Gasteiger partial charge in [-0.15, -0.1) is 0 Å². The summed E-state index contributed by atoms with van der Waals surface area (Å²) in [6, 6.07) is 16.9. The molecule has 0 spiro atoms. The van der Waals surface area contributed by atoms with E-state index in [1.165, 1.54) is 18.2 Å². The highest BCUT2D eigenvalue weighted by molar-refractivity contribution is 5.88. The minimum absolute atomic E-state index is 0.259. The maximum atomic E-state index is 14.0. The van der Waals surface area contributed by atoms with Gasteiger partial charge in [-0.3, -0.25) is 0 Å². The second-order valence-electron chi connectivity index (χ2n) is 6.53. The van der Waals surface area contributed by atoms with Gasteiger partial charge in [-0.1, -0.05) is 19.1 Å². The molecule has 4 rings (SSSR count). The van der Waals surface area contributed by atoms with Crippen LogP contribution in [0.5, 0.6) is 0 Å². The van der Waals surface area contributed by atoms with Crippen LogP contribution >= 0.6 is 0 Å². The van der Waals surface area contributed by atoms with Gasteiger partial charge >= 0.3 is 0 Å². The largest absolute Gasteiger partial charge is 0.244 e. The molecule has 0 saturated carbocycles. The van der Waals surface area contributed by atoms with E-state index in [4.69, 9.17) is 9.97 Å². The van der Waals surface area contributed by atoms with Crippen molar-refractivity contribution in [2.75, 3.05) is 0 Å². The van der Waals surface area contributed by atoms with Crippen LogP contribution in [0.4, 0.5) is 8.78 Å². The Hall–Kier alpha value is -3.14. The molecule has 1 aromatic heterocycles. The van der Waals surface area contributed by atoms with E-state index in [1.54, 1.807) is 18.2 Å². The van der Waals surface area contributed by atoms with Crippen LogP contribution in [0.3, 0.4) is 0 Å². The summed E-state index contributed by atoms with van der Waals surface area (Å²) in [6.45, 7) is 3.87. The minimum atomic E-state index is -0.304. The molecule has 0 aliphatic rings. The van der Waals surface area contributed by atoms with Gasteiger partial charge in [-0.2, -0.15) is 0 Å². The molecule has 4 aromatic rings. The highest BCUT2D eigenvalue weighted by Crippen LogP contribution is 2.35. The number of nitrogens with zero attached hydrogens (tertiary/aromatic N) is 2. The van der Waals surface area contributed by atoms with Crippen molar-refractivity contribution in [3.63, 3.8) is 0 Å². The van der Waals surface area contributed by atoms with Crippen LogP contribution in [0, 0.1) is 18.6 Å². The molecule has 0 unspecified atom stereocenters. The fraction of sp³-hybridized carbons (Fsp3) is 0.130. The number of aromatic nitrogens is 2. The van der Waals surface area contributed by atoms with Crippen molar-refractivity contribution in [1.29, 1.82) is 0 Å². The number of benzene rings is 3. The predicted octanol–water partition coefficient (Wildman–Crippen LogP) is 6.11. The Morgan fingerprint density at radius 2 is 1.41 bits per heavy atom. The Bertz CT molecular complexity index is 1140. The number of hydrogen-bond donors (Lipinski definition) is 0. The first-order chi connectivity index (χ1) is 13.1. The van der Waals surface area contributed by atoms with E-state index in [0.717, 1.165) is 33.3 Å². The summed E-state index contributed by atoms with van der Waals surface area (Å²) in [5.74, 6) is -0.563. The maximum Gasteiger partial charge on any atom is 0.123 e. The standard InChI is InChI=1S/C23H18F2N2/c1-3-15-13-18(25)12-14(2)21(15)23-22(16-8-10-17(24)11-9-16)26-19-6-4-5-7-20(19)27-23/h4-13H,3H2,1-2H3. The highest BCUT2D eigenvalue weighted by Gasteiger charge is 2.18. The first-order valence-corrected chi connectivity index (χ1v) is 8.89. The Labute approximate surface area is 156 Å². The predicted molar refractivity (Wildman–Crippen MR) is 104 cm³/mol. The highest BCUT2D eigenvalue weighted by atomic mass is 19.1. The molecule has 0 saturated heterocycles. The van der Waals surface area contributed by atoms with Crippen LogP contribution in [-0.4, -0.2) is 9.97 Å². The van der Waals surface area contributed by atoms with Crippen molar-refractivity contribution < 1.29 is 8.78 Å². The molecule has 27 heavy (non-hydrogen) atoms. The third kappa shape index (κ3) is 3.19. The molecule has 0 atom stereocenters. The van der Waals surface area contributed by atoms with Crippen molar-refractivity contribution >= 4 is 11.0 Å². The average molecular weight is 360 g/mol. The zero-order valence-corrected chi connectivity index (χ0v) is 15.1. The number of halogens is 2. The number of aryl methyl sites for hydroxylation is 2. The maximum absolute atomic E-state index is 14.0. The SMILES string of the molecule is CCc1cc(F)cc(C)c1-c1nc2ccccc2nc1-c1ccc(F)cc1. The van der Waals surface area contributed by atoms with Gasteiger partial charge in [0.1, 0.15) is 11.6 Å². The lowest BCUT2D eigenvalue weighted by atomic mass is 9.93. The normalized spacial score (nSPS) is 11.1. The van der Waals surface area contributed by atoms with Crippen molar-refractivity contribution in [3.05, 3.63) is 83.4 Å². The monoisotopic (exact) mass is 360 g/mol. The molecule has 3 aromatic carbocycles. The molecule has 4 heteroatoms. The summed E-state index contributed by atoms with van der Waals surface area (Å²) in [7, 11) is 0. The van der Waals surface area contributed by atoms with Crippen molar-refractivity contribution in [2.24, 2.45) is 0 Å². The summed E-state index contributed by atoms with van der Waals surface area (Å²) in [4.78, 5) is 9.68. The van der Waals surface area contributed by atoms with Gasteiger partial charge in [0, 0.05) is 11.1 Å². The van der Waals surface area contributed by atoms with Crippen molar-refractivity contribution in [1.82, 2.24) is 9.97 Å². The smallest absolute Gasteiger partial charge is 0.123 e. The molecular formula is C23H18F2N2. The molecule has 0 N–H and O–H groups in total. The fourth-order valence-electron chi connectivity index (χ4n) is 3.41. The number of fused-ring (bicyclic) bond motifs is 1. The summed E-state index contributed by atoms with van der Waals surface area (Å²) in [6.07, 6.45) is 0.672. The van der Waals surface area contributed by atoms with Crippen molar-refractivity contribution in [2.45, 2.75) is 20.3 Å². The van der Waals surface area contributed by atoms with Crippen LogP contribution in [0.25, 0.3) is 33.5 Å². The first kappa shape index (κ1) is 17.3. The summed E-state index contributed by atoms with van der Waals surface area (Å²) >= 11 is 0. The van der Waals surface area contributed by atoms with E-state index in [-0.39, 0.29) is 11.6 Å². The molecule has 134 valence electrons. The van der Waals surface area contributed by atoms with Gasteiger partial charge in [0.05, 0.1) is 22.4 Å². The molecule has 0 radical (unpaired) electrons. The third-order valence-electron chi connectivity index (χ3n) is 4.69. The Balaban J connectivity index is 2.08. The quantitative estimate of drug-likeness (QED) is 0.440. The van der Waals surface area contributed by atoms with E-state index in [9.17, 15) is 8.78 Å². The van der Waals surface area contributed by atoms with Gasteiger partial charge in [0.25, 0.3) is 0 Å². The molecule has 0 aliphatic carbocycles. The van der Waals surface area contributed by atoms with Gasteiger partial charge in [0.15, 0.2) is 0 Å². The first-order valence-electron chi connectivity index (χ1n) is 8.89. The topological polar surface area (TPSA) is 25.8 Å². The van der Waals surface area contributed by atoms with Crippen LogP contribution in [0.2, 0.25) is 0 Å². The van der Waals surface area contributed by atoms with E-state index in [0.29, 0.717) is 17.8 Å². The van der Waals surface area contributed by atoms with Gasteiger partial charge in [0.2, 0.25) is 0 Å². The van der Waals surface area contributed by atoms with Gasteiger partial charge < -0.3 is 0 Å². The van der Waals surface area contributed by atoms with E-state index in [1.807, 2.05) is 38.1 Å². The fourth-order valence-corrected chi connectivity index (χ4v) is 3.41. The lowest BCUT2D eigenvalue weighted by molar-refractivity contribution is 0.624. The summed E-state index contributed by atoms with van der Waals surface area (Å²) in [5.41, 5.74) is 6.22. The average Bonchev–Trinajstić information content (AvgIpc) is 2.67. The molecule has 0 aliphatic heterocycles. The number of rotatable bonds is 3. The van der Waals surface area contributed by atoms with E-state index < -0.39 is 0 Å². The molecule has 0 bridgehead atoms. The molecule has 0 fully saturated rings.